The van der Waals surface area contributed by atoms with Gasteiger partial charge in [0.2, 0.25) is 0 Å². The highest BCUT2D eigenvalue weighted by Gasteiger charge is 1.92. The Balaban J connectivity index is 2.96. The molecule has 0 aromatic heterocycles. The predicted octanol–water partition coefficient (Wildman–Crippen LogP) is 5.61. The highest BCUT2D eigenvalue weighted by Crippen LogP contribution is 2.11. The summed E-state index contributed by atoms with van der Waals surface area (Å²) in [6.45, 7) is 3.66. The topological polar surface area (TPSA) is 17.1 Å². The Morgan fingerprint density at radius 3 is 1.56 bits per heavy atom. The van der Waals surface area contributed by atoms with Crippen LogP contribution in [0, 0.1) is 0 Å². The molecule has 0 amide bonds. The van der Waals surface area contributed by atoms with Crippen LogP contribution in [-0.2, 0) is 4.79 Å². The van der Waals surface area contributed by atoms with Crippen molar-refractivity contribution in [1.29, 1.82) is 0 Å². The van der Waals surface area contributed by atoms with Gasteiger partial charge in [0.1, 0.15) is 6.29 Å². The molecule has 0 saturated carbocycles. The van der Waals surface area contributed by atoms with E-state index in [4.69, 9.17) is 0 Å². The standard InChI is InChI=1S/C17H30O/c1-2-3-4-5-6-7-8-9-10-11-12-13-14-15-16-17-18/h2-4,17H,1,5-16H2/b4-3+. The first kappa shape index (κ1) is 17.2. The van der Waals surface area contributed by atoms with Gasteiger partial charge in [-0.15, -0.1) is 0 Å². The molecule has 0 bridgehead atoms. The van der Waals surface area contributed by atoms with E-state index in [9.17, 15) is 4.79 Å². The van der Waals surface area contributed by atoms with E-state index in [1.165, 1.54) is 64.2 Å². The van der Waals surface area contributed by atoms with Crippen molar-refractivity contribution >= 4 is 6.29 Å². The molecule has 0 N–H and O–H groups in total. The number of unbranched alkanes of at least 4 members (excludes halogenated alkanes) is 11. The Morgan fingerprint density at radius 1 is 0.667 bits per heavy atom. The van der Waals surface area contributed by atoms with Crippen molar-refractivity contribution < 1.29 is 4.79 Å². The van der Waals surface area contributed by atoms with Crippen molar-refractivity contribution in [2.75, 3.05) is 0 Å². The summed E-state index contributed by atoms with van der Waals surface area (Å²) in [6, 6.07) is 0. The number of carbonyl (C=O) groups excluding carboxylic acids is 1. The third-order valence-electron chi connectivity index (χ3n) is 3.21. The Bertz CT molecular complexity index is 206. The van der Waals surface area contributed by atoms with Gasteiger partial charge in [-0.25, -0.2) is 0 Å². The molecule has 0 rings (SSSR count). The number of rotatable bonds is 14. The first-order valence-corrected chi connectivity index (χ1v) is 7.63. The number of allylic oxidation sites excluding steroid dienone is 3. The molecule has 0 unspecified atom stereocenters. The Labute approximate surface area is 113 Å². The fourth-order valence-electron chi connectivity index (χ4n) is 2.10. The van der Waals surface area contributed by atoms with Crippen LogP contribution in [0.15, 0.2) is 24.8 Å². The monoisotopic (exact) mass is 250 g/mol. The maximum atomic E-state index is 10.1. The zero-order valence-electron chi connectivity index (χ0n) is 11.9. The normalized spacial score (nSPS) is 10.9. The van der Waals surface area contributed by atoms with E-state index in [0.717, 1.165) is 19.1 Å². The summed E-state index contributed by atoms with van der Waals surface area (Å²) in [5.74, 6) is 0. The van der Waals surface area contributed by atoms with Gasteiger partial charge in [0.25, 0.3) is 0 Å². The molecule has 0 aliphatic heterocycles. The summed E-state index contributed by atoms with van der Waals surface area (Å²) in [5.41, 5.74) is 0. The summed E-state index contributed by atoms with van der Waals surface area (Å²) in [5, 5.41) is 0. The van der Waals surface area contributed by atoms with Crippen molar-refractivity contribution in [2.45, 2.75) is 77.0 Å². The molecule has 0 aromatic carbocycles. The second-order valence-corrected chi connectivity index (χ2v) is 4.94. The minimum Gasteiger partial charge on any atom is -0.303 e. The van der Waals surface area contributed by atoms with Gasteiger partial charge in [0, 0.05) is 6.42 Å². The third-order valence-corrected chi connectivity index (χ3v) is 3.21. The molecule has 0 fully saturated rings. The molecule has 1 heteroatoms. The van der Waals surface area contributed by atoms with Crippen molar-refractivity contribution in [3.63, 3.8) is 0 Å². The SMILES string of the molecule is C=C/C=C/CCCCCCCCCCCCC=O. The minimum absolute atomic E-state index is 0.750. The number of hydrogen-bond acceptors (Lipinski definition) is 1. The lowest BCUT2D eigenvalue weighted by Gasteiger charge is -2.01. The summed E-state index contributed by atoms with van der Waals surface area (Å²) in [7, 11) is 0. The fraction of sp³-hybridized carbons (Fsp3) is 0.706. The molecule has 0 aromatic rings. The van der Waals surface area contributed by atoms with E-state index < -0.39 is 0 Å². The average molecular weight is 250 g/mol. The minimum atomic E-state index is 0.750. The predicted molar refractivity (Wildman–Crippen MR) is 80.8 cm³/mol. The molecule has 0 spiro atoms. The molecular weight excluding hydrogens is 220 g/mol. The van der Waals surface area contributed by atoms with Gasteiger partial charge in [0.05, 0.1) is 0 Å². The van der Waals surface area contributed by atoms with Crippen LogP contribution in [0.3, 0.4) is 0 Å². The van der Waals surface area contributed by atoms with Crippen molar-refractivity contribution in [1.82, 2.24) is 0 Å². The largest absolute Gasteiger partial charge is 0.303 e. The van der Waals surface area contributed by atoms with E-state index in [2.05, 4.69) is 12.7 Å². The van der Waals surface area contributed by atoms with E-state index in [0.29, 0.717) is 0 Å². The molecule has 104 valence electrons. The highest BCUT2D eigenvalue weighted by atomic mass is 16.1. The molecule has 0 atom stereocenters. The zero-order chi connectivity index (χ0) is 13.3. The van der Waals surface area contributed by atoms with Crippen LogP contribution in [0.1, 0.15) is 77.0 Å². The Morgan fingerprint density at radius 2 is 1.11 bits per heavy atom. The lowest BCUT2D eigenvalue weighted by molar-refractivity contribution is -0.107. The molecular formula is C17H30O. The summed E-state index contributed by atoms with van der Waals surface area (Å²) in [6.07, 6.45) is 22.2. The Kier molecular flexibility index (Phi) is 15.4. The fourth-order valence-corrected chi connectivity index (χ4v) is 2.10. The van der Waals surface area contributed by atoms with Crippen LogP contribution < -0.4 is 0 Å². The van der Waals surface area contributed by atoms with E-state index in [1.807, 2.05) is 12.2 Å². The van der Waals surface area contributed by atoms with Crippen LogP contribution in [-0.4, -0.2) is 6.29 Å². The van der Waals surface area contributed by atoms with Gasteiger partial charge in [-0.1, -0.05) is 76.2 Å². The van der Waals surface area contributed by atoms with Crippen LogP contribution in [0.5, 0.6) is 0 Å². The summed E-state index contributed by atoms with van der Waals surface area (Å²) >= 11 is 0. The van der Waals surface area contributed by atoms with Gasteiger partial charge in [-0.2, -0.15) is 0 Å². The smallest absolute Gasteiger partial charge is 0.119 e. The first-order valence-electron chi connectivity index (χ1n) is 7.63. The van der Waals surface area contributed by atoms with Crippen molar-refractivity contribution in [2.24, 2.45) is 0 Å². The maximum absolute atomic E-state index is 10.1. The molecule has 0 saturated heterocycles. The zero-order valence-corrected chi connectivity index (χ0v) is 11.9. The summed E-state index contributed by atoms with van der Waals surface area (Å²) in [4.78, 5) is 10.1. The van der Waals surface area contributed by atoms with Gasteiger partial charge in [0.15, 0.2) is 0 Å². The number of aldehydes is 1. The first-order chi connectivity index (χ1) is 8.91. The maximum Gasteiger partial charge on any atom is 0.119 e. The van der Waals surface area contributed by atoms with Crippen LogP contribution in [0.4, 0.5) is 0 Å². The van der Waals surface area contributed by atoms with Gasteiger partial charge >= 0.3 is 0 Å². The average Bonchev–Trinajstić information content (AvgIpc) is 2.39. The van der Waals surface area contributed by atoms with Crippen LogP contribution in [0.25, 0.3) is 0 Å². The number of carbonyl (C=O) groups is 1. The van der Waals surface area contributed by atoms with Gasteiger partial charge < -0.3 is 4.79 Å². The lowest BCUT2D eigenvalue weighted by atomic mass is 10.1. The molecule has 0 aliphatic carbocycles. The van der Waals surface area contributed by atoms with Crippen LogP contribution in [0.2, 0.25) is 0 Å². The molecule has 18 heavy (non-hydrogen) atoms. The van der Waals surface area contributed by atoms with E-state index in [1.54, 1.807) is 0 Å². The Hall–Kier alpha value is -0.850. The quantitative estimate of drug-likeness (QED) is 0.222. The molecule has 0 aliphatic rings. The van der Waals surface area contributed by atoms with Crippen LogP contribution >= 0.6 is 0 Å². The van der Waals surface area contributed by atoms with Gasteiger partial charge in [-0.3, -0.25) is 0 Å². The van der Waals surface area contributed by atoms with Gasteiger partial charge in [-0.05, 0) is 19.3 Å². The summed E-state index contributed by atoms with van der Waals surface area (Å²) < 4.78 is 0. The second-order valence-electron chi connectivity index (χ2n) is 4.94. The van der Waals surface area contributed by atoms with E-state index >= 15 is 0 Å². The molecule has 0 radical (unpaired) electrons. The second kappa shape index (κ2) is 16.1. The van der Waals surface area contributed by atoms with Crippen molar-refractivity contribution in [3.05, 3.63) is 24.8 Å². The molecule has 1 nitrogen and oxygen atoms in total. The lowest BCUT2D eigenvalue weighted by Crippen LogP contribution is -1.82. The number of hydrogen-bond donors (Lipinski definition) is 0. The molecule has 0 heterocycles. The van der Waals surface area contributed by atoms with Crippen molar-refractivity contribution in [3.8, 4) is 0 Å². The third kappa shape index (κ3) is 15.1. The van der Waals surface area contributed by atoms with E-state index in [-0.39, 0.29) is 0 Å². The highest BCUT2D eigenvalue weighted by molar-refractivity contribution is 5.48.